The highest BCUT2D eigenvalue weighted by molar-refractivity contribution is 5.78. The van der Waals surface area contributed by atoms with E-state index >= 15 is 0 Å². The maximum atomic E-state index is 14.5. The fourth-order valence-corrected chi connectivity index (χ4v) is 5.79. The number of nitrogens with two attached hydrogens (primary N) is 1. The molecule has 3 N–H and O–H groups in total. The topological polar surface area (TPSA) is 134 Å². The Bertz CT molecular complexity index is 1030. The number of rotatable bonds is 11. The first-order chi connectivity index (χ1) is 17.6. The van der Waals surface area contributed by atoms with Gasteiger partial charge in [-0.05, 0) is 49.3 Å². The summed E-state index contributed by atoms with van der Waals surface area (Å²) in [5, 5.41) is 9.09. The van der Waals surface area contributed by atoms with Crippen LogP contribution in [0.15, 0.2) is 24.3 Å². The first-order valence-corrected chi connectivity index (χ1v) is 12.7. The summed E-state index contributed by atoms with van der Waals surface area (Å²) >= 11 is 0. The number of benzene rings is 1. The number of carboxylic acids is 1. The molecule has 1 aromatic carbocycles. The lowest BCUT2D eigenvalue weighted by molar-refractivity contribution is -0.187. The van der Waals surface area contributed by atoms with Crippen LogP contribution in [0, 0.1) is 28.5 Å². The second kappa shape index (κ2) is 11.1. The Morgan fingerprint density at radius 1 is 1.16 bits per heavy atom. The molecule has 0 saturated heterocycles. The number of aliphatic carboxylic acids is 1. The third-order valence-corrected chi connectivity index (χ3v) is 8.14. The van der Waals surface area contributed by atoms with Crippen molar-refractivity contribution in [3.63, 3.8) is 0 Å². The van der Waals surface area contributed by atoms with Crippen LogP contribution in [0.2, 0.25) is 0 Å². The van der Waals surface area contributed by atoms with Gasteiger partial charge in [0.25, 0.3) is 5.79 Å². The van der Waals surface area contributed by atoms with Crippen molar-refractivity contribution >= 4 is 18.1 Å². The summed E-state index contributed by atoms with van der Waals surface area (Å²) in [5.41, 5.74) is 5.42. The van der Waals surface area contributed by atoms with Crippen LogP contribution in [-0.4, -0.2) is 47.5 Å². The molecule has 2 aliphatic carbocycles. The van der Waals surface area contributed by atoms with Gasteiger partial charge in [0.15, 0.2) is 6.10 Å². The van der Waals surface area contributed by atoms with Gasteiger partial charge in [-0.15, -0.1) is 0 Å². The maximum Gasteiger partial charge on any atom is 0.511 e. The highest BCUT2D eigenvalue weighted by atomic mass is 19.1. The molecule has 0 radical (unpaired) electrons. The Morgan fingerprint density at radius 2 is 1.79 bits per heavy atom. The third kappa shape index (κ3) is 6.43. The van der Waals surface area contributed by atoms with Gasteiger partial charge in [0.1, 0.15) is 11.9 Å². The van der Waals surface area contributed by atoms with E-state index in [-0.39, 0.29) is 23.5 Å². The number of carbonyl (C=O) groups excluding carboxylic acids is 2. The van der Waals surface area contributed by atoms with Crippen LogP contribution >= 0.6 is 0 Å². The molecule has 0 aliphatic heterocycles. The zero-order chi connectivity index (χ0) is 28.5. The lowest BCUT2D eigenvalue weighted by Crippen LogP contribution is -2.50. The first kappa shape index (κ1) is 29.8. The molecule has 2 saturated carbocycles. The molecule has 11 heteroatoms. The first-order valence-electron chi connectivity index (χ1n) is 12.7. The van der Waals surface area contributed by atoms with E-state index in [4.69, 9.17) is 29.8 Å². The van der Waals surface area contributed by atoms with E-state index in [9.17, 15) is 23.2 Å². The van der Waals surface area contributed by atoms with E-state index in [1.54, 1.807) is 0 Å². The van der Waals surface area contributed by atoms with Crippen molar-refractivity contribution < 1.29 is 47.2 Å². The number of ether oxygens (including phenoxy) is 4. The number of carboxylic acid groups (broad SMARTS) is 1. The monoisotopic (exact) mass is 541 g/mol. The van der Waals surface area contributed by atoms with Crippen LogP contribution in [0.3, 0.4) is 0 Å². The summed E-state index contributed by atoms with van der Waals surface area (Å²) in [4.78, 5) is 36.7. The summed E-state index contributed by atoms with van der Waals surface area (Å²) in [7, 11) is 0. The Kier molecular flexibility index (Phi) is 8.72. The summed E-state index contributed by atoms with van der Waals surface area (Å²) in [6.07, 6.45) is -1.63. The van der Waals surface area contributed by atoms with Crippen molar-refractivity contribution in [2.24, 2.45) is 28.4 Å². The highest BCUT2D eigenvalue weighted by Gasteiger charge is 2.61. The van der Waals surface area contributed by atoms with Crippen LogP contribution in [-0.2, 0) is 35.1 Å². The molecule has 0 heterocycles. The standard InChI is InChI=1S/C27H37F2NO8/c1-15(27(29,30)23(32)33)12-20(35-14-17-6-8-19(28)9-7-17)21(31)36-16(2)37-24(34)38-22-25(3,4)18-10-11-26(22,5)13-18/h6-9,15-16,18,20,22H,10-14,30H2,1-5H3,(H,32,33)/t15?,16?,18-,20+,22-,26+,27+/m0/s1. The van der Waals surface area contributed by atoms with Gasteiger partial charge in [0, 0.05) is 23.7 Å². The lowest BCUT2D eigenvalue weighted by Gasteiger charge is -2.41. The van der Waals surface area contributed by atoms with E-state index in [2.05, 4.69) is 20.8 Å². The van der Waals surface area contributed by atoms with Crippen molar-refractivity contribution in [2.75, 3.05) is 0 Å². The number of alkyl halides is 1. The van der Waals surface area contributed by atoms with E-state index in [0.29, 0.717) is 11.5 Å². The lowest BCUT2D eigenvalue weighted by atomic mass is 9.70. The molecule has 2 aliphatic rings. The maximum absolute atomic E-state index is 14.5. The Balaban J connectivity index is 1.62. The zero-order valence-corrected chi connectivity index (χ0v) is 22.4. The molecule has 2 fully saturated rings. The average Bonchev–Trinajstić information content (AvgIpc) is 3.30. The number of halogens is 2. The second-order valence-electron chi connectivity index (χ2n) is 11.4. The molecule has 1 aromatic rings. The minimum absolute atomic E-state index is 0.145. The predicted octanol–water partition coefficient (Wildman–Crippen LogP) is 4.70. The number of hydrogen-bond donors (Lipinski definition) is 2. The Labute approximate surface area is 220 Å². The minimum atomic E-state index is -3.13. The number of esters is 1. The van der Waals surface area contributed by atoms with Crippen molar-refractivity contribution in [3.05, 3.63) is 35.6 Å². The van der Waals surface area contributed by atoms with Gasteiger partial charge >= 0.3 is 18.1 Å². The minimum Gasteiger partial charge on any atom is -0.478 e. The van der Waals surface area contributed by atoms with Gasteiger partial charge in [-0.1, -0.05) is 39.8 Å². The van der Waals surface area contributed by atoms with E-state index < -0.39 is 54.4 Å². The van der Waals surface area contributed by atoms with Crippen LogP contribution in [0.25, 0.3) is 0 Å². The molecule has 3 rings (SSSR count). The summed E-state index contributed by atoms with van der Waals surface area (Å²) in [6.45, 7) is 8.56. The molecule has 0 spiro atoms. The van der Waals surface area contributed by atoms with Crippen LogP contribution in [0.1, 0.15) is 65.9 Å². The zero-order valence-electron chi connectivity index (χ0n) is 22.4. The SMILES string of the molecule is CC(OC(=O)O[C@H]1C(C)(C)[C@H]2CC[C@]1(C)C2)OC(=O)[C@@H](CC(C)[C@](N)(F)C(=O)O)OCc1ccc(F)cc1. The molecule has 212 valence electrons. The van der Waals surface area contributed by atoms with Gasteiger partial charge in [0.2, 0.25) is 6.29 Å². The molecule has 7 atom stereocenters. The number of hydrogen-bond acceptors (Lipinski definition) is 8. The number of carbonyl (C=O) groups is 3. The van der Waals surface area contributed by atoms with E-state index in [1.807, 2.05) is 0 Å². The molecule has 2 unspecified atom stereocenters. The molecular weight excluding hydrogens is 504 g/mol. The highest BCUT2D eigenvalue weighted by Crippen LogP contribution is 2.63. The van der Waals surface area contributed by atoms with Crippen LogP contribution < -0.4 is 5.73 Å². The van der Waals surface area contributed by atoms with Crippen molar-refractivity contribution in [1.82, 2.24) is 0 Å². The van der Waals surface area contributed by atoms with Crippen LogP contribution in [0.4, 0.5) is 13.6 Å². The Morgan fingerprint density at radius 3 is 2.34 bits per heavy atom. The number of fused-ring (bicyclic) bond motifs is 2. The molecule has 38 heavy (non-hydrogen) atoms. The molecular formula is C27H37F2NO8. The van der Waals surface area contributed by atoms with Gasteiger partial charge < -0.3 is 24.1 Å². The van der Waals surface area contributed by atoms with Gasteiger partial charge in [-0.2, -0.15) is 0 Å². The molecule has 0 amide bonds. The smallest absolute Gasteiger partial charge is 0.478 e. The van der Waals surface area contributed by atoms with Gasteiger partial charge in [-0.25, -0.2) is 23.2 Å². The fourth-order valence-electron chi connectivity index (χ4n) is 5.79. The second-order valence-corrected chi connectivity index (χ2v) is 11.4. The molecule has 0 aromatic heterocycles. The van der Waals surface area contributed by atoms with Crippen LogP contribution in [0.5, 0.6) is 0 Å². The van der Waals surface area contributed by atoms with Gasteiger partial charge in [0.05, 0.1) is 6.61 Å². The summed E-state index contributed by atoms with van der Waals surface area (Å²) in [5.74, 6) is -7.43. The predicted molar refractivity (Wildman–Crippen MR) is 131 cm³/mol. The van der Waals surface area contributed by atoms with Gasteiger partial charge in [-0.3, -0.25) is 5.73 Å². The molecule has 9 nitrogen and oxygen atoms in total. The average molecular weight is 542 g/mol. The molecule has 2 bridgehead atoms. The van der Waals surface area contributed by atoms with Crippen molar-refractivity contribution in [2.45, 2.75) is 91.2 Å². The van der Waals surface area contributed by atoms with E-state index in [0.717, 1.165) is 19.3 Å². The third-order valence-electron chi connectivity index (χ3n) is 8.14. The summed E-state index contributed by atoms with van der Waals surface area (Å²) < 4.78 is 49.3. The van der Waals surface area contributed by atoms with Crippen molar-refractivity contribution in [3.8, 4) is 0 Å². The summed E-state index contributed by atoms with van der Waals surface area (Å²) in [6, 6.07) is 5.26. The van der Waals surface area contributed by atoms with E-state index in [1.165, 1.54) is 38.1 Å². The quantitative estimate of drug-likeness (QED) is 0.232. The largest absolute Gasteiger partial charge is 0.511 e. The fraction of sp³-hybridized carbons (Fsp3) is 0.667. The Hall–Kier alpha value is -2.79. The van der Waals surface area contributed by atoms with Crippen molar-refractivity contribution in [1.29, 1.82) is 0 Å². The normalized spacial score (nSPS) is 27.6.